The minimum Gasteiger partial charge on any atom is -0.377 e. The van der Waals surface area contributed by atoms with Crippen LogP contribution in [0.5, 0.6) is 0 Å². The van der Waals surface area contributed by atoms with E-state index in [1.54, 1.807) is 0 Å². The van der Waals surface area contributed by atoms with Crippen LogP contribution in [0.1, 0.15) is 33.1 Å². The van der Waals surface area contributed by atoms with E-state index in [4.69, 9.17) is 9.47 Å². The van der Waals surface area contributed by atoms with Gasteiger partial charge in [-0.05, 0) is 39.0 Å². The van der Waals surface area contributed by atoms with Gasteiger partial charge in [0.25, 0.3) is 0 Å². The van der Waals surface area contributed by atoms with Crippen LogP contribution in [0.4, 0.5) is 0 Å². The van der Waals surface area contributed by atoms with Crippen molar-refractivity contribution in [2.45, 2.75) is 51.4 Å². The Morgan fingerprint density at radius 1 is 1.33 bits per heavy atom. The first-order chi connectivity index (χ1) is 7.27. The lowest BCUT2D eigenvalue weighted by atomic mass is 10.1. The molecule has 3 nitrogen and oxygen atoms in total. The number of nitrogens with one attached hydrogen (secondary N) is 1. The molecule has 1 saturated carbocycles. The van der Waals surface area contributed by atoms with Crippen molar-refractivity contribution in [3.05, 3.63) is 0 Å². The van der Waals surface area contributed by atoms with Crippen molar-refractivity contribution in [3.8, 4) is 0 Å². The summed E-state index contributed by atoms with van der Waals surface area (Å²) in [5.74, 6) is 0.844. The largest absolute Gasteiger partial charge is 0.377 e. The Kier molecular flexibility index (Phi) is 4.00. The molecule has 2 unspecified atom stereocenters. The molecule has 1 N–H and O–H groups in total. The van der Waals surface area contributed by atoms with Crippen LogP contribution in [-0.4, -0.2) is 38.0 Å². The third-order valence-electron chi connectivity index (χ3n) is 3.18. The molecule has 0 amide bonds. The summed E-state index contributed by atoms with van der Waals surface area (Å²) < 4.78 is 11.3. The van der Waals surface area contributed by atoms with E-state index in [0.29, 0.717) is 18.2 Å². The van der Waals surface area contributed by atoms with E-state index in [1.807, 2.05) is 0 Å². The average molecular weight is 213 g/mol. The first-order valence-corrected chi connectivity index (χ1v) is 6.24. The Labute approximate surface area is 92.5 Å². The molecule has 1 aliphatic carbocycles. The fourth-order valence-corrected chi connectivity index (χ4v) is 2.26. The van der Waals surface area contributed by atoms with Crippen molar-refractivity contribution >= 4 is 0 Å². The zero-order chi connectivity index (χ0) is 10.7. The molecule has 15 heavy (non-hydrogen) atoms. The van der Waals surface area contributed by atoms with Gasteiger partial charge >= 0.3 is 0 Å². The van der Waals surface area contributed by atoms with Gasteiger partial charge in [0.15, 0.2) is 0 Å². The SMILES string of the molecule is CC(C)OCCNC1CCOC1C1CC1. The van der Waals surface area contributed by atoms with Gasteiger partial charge in [-0.15, -0.1) is 0 Å². The Morgan fingerprint density at radius 3 is 2.80 bits per heavy atom. The third kappa shape index (κ3) is 3.44. The van der Waals surface area contributed by atoms with Gasteiger partial charge in [-0.1, -0.05) is 0 Å². The summed E-state index contributed by atoms with van der Waals surface area (Å²) in [4.78, 5) is 0. The summed E-state index contributed by atoms with van der Waals surface area (Å²) in [6.07, 6.45) is 4.73. The third-order valence-corrected chi connectivity index (χ3v) is 3.18. The molecule has 0 aromatic carbocycles. The summed E-state index contributed by atoms with van der Waals surface area (Å²) in [5.41, 5.74) is 0. The number of rotatable bonds is 6. The molecule has 2 fully saturated rings. The van der Waals surface area contributed by atoms with Crippen LogP contribution in [0.3, 0.4) is 0 Å². The molecular weight excluding hydrogens is 190 g/mol. The van der Waals surface area contributed by atoms with Crippen molar-refractivity contribution < 1.29 is 9.47 Å². The van der Waals surface area contributed by atoms with Gasteiger partial charge in [0.05, 0.1) is 18.8 Å². The first kappa shape index (κ1) is 11.4. The summed E-state index contributed by atoms with van der Waals surface area (Å²) >= 11 is 0. The smallest absolute Gasteiger partial charge is 0.0756 e. The Morgan fingerprint density at radius 2 is 2.13 bits per heavy atom. The highest BCUT2D eigenvalue weighted by atomic mass is 16.5. The van der Waals surface area contributed by atoms with Gasteiger partial charge in [-0.25, -0.2) is 0 Å². The predicted molar refractivity (Wildman–Crippen MR) is 60.0 cm³/mol. The first-order valence-electron chi connectivity index (χ1n) is 6.24. The second kappa shape index (κ2) is 5.28. The quantitative estimate of drug-likeness (QED) is 0.679. The zero-order valence-electron chi connectivity index (χ0n) is 9.87. The highest BCUT2D eigenvalue weighted by Crippen LogP contribution is 2.38. The fourth-order valence-electron chi connectivity index (χ4n) is 2.26. The van der Waals surface area contributed by atoms with Crippen molar-refractivity contribution in [2.75, 3.05) is 19.8 Å². The van der Waals surface area contributed by atoms with E-state index in [9.17, 15) is 0 Å². The standard InChI is InChI=1S/C12H23NO2/c1-9(2)14-8-6-13-11-5-7-15-12(11)10-3-4-10/h9-13H,3-8H2,1-2H3. The topological polar surface area (TPSA) is 30.5 Å². The van der Waals surface area contributed by atoms with E-state index < -0.39 is 0 Å². The van der Waals surface area contributed by atoms with E-state index in [-0.39, 0.29) is 0 Å². The molecule has 1 heterocycles. The van der Waals surface area contributed by atoms with E-state index in [0.717, 1.165) is 25.7 Å². The number of ether oxygens (including phenoxy) is 2. The molecule has 0 aromatic rings. The van der Waals surface area contributed by atoms with E-state index in [2.05, 4.69) is 19.2 Å². The van der Waals surface area contributed by atoms with Crippen molar-refractivity contribution in [1.29, 1.82) is 0 Å². The summed E-state index contributed by atoms with van der Waals surface area (Å²) in [5, 5.41) is 3.56. The highest BCUT2D eigenvalue weighted by molar-refractivity contribution is 4.93. The van der Waals surface area contributed by atoms with Crippen LogP contribution in [0.2, 0.25) is 0 Å². The van der Waals surface area contributed by atoms with E-state index in [1.165, 1.54) is 19.3 Å². The maximum atomic E-state index is 5.76. The van der Waals surface area contributed by atoms with Crippen molar-refractivity contribution in [2.24, 2.45) is 5.92 Å². The average Bonchev–Trinajstić information content (AvgIpc) is 2.93. The monoisotopic (exact) mass is 213 g/mol. The highest BCUT2D eigenvalue weighted by Gasteiger charge is 2.40. The zero-order valence-corrected chi connectivity index (χ0v) is 9.87. The summed E-state index contributed by atoms with van der Waals surface area (Å²) in [6, 6.07) is 0.577. The molecule has 2 atom stereocenters. The molecule has 2 aliphatic rings. The Hall–Kier alpha value is -0.120. The number of hydrogen-bond donors (Lipinski definition) is 1. The molecule has 1 aliphatic heterocycles. The lowest BCUT2D eigenvalue weighted by molar-refractivity contribution is 0.0658. The maximum absolute atomic E-state index is 5.76. The maximum Gasteiger partial charge on any atom is 0.0756 e. The van der Waals surface area contributed by atoms with E-state index >= 15 is 0 Å². The predicted octanol–water partition coefficient (Wildman–Crippen LogP) is 1.57. The molecule has 3 heteroatoms. The minimum absolute atomic E-state index is 0.339. The van der Waals surface area contributed by atoms with Crippen molar-refractivity contribution in [1.82, 2.24) is 5.32 Å². The Balaban J connectivity index is 1.61. The fraction of sp³-hybridized carbons (Fsp3) is 1.00. The summed E-state index contributed by atoms with van der Waals surface area (Å²) in [7, 11) is 0. The van der Waals surface area contributed by atoms with Crippen LogP contribution in [0, 0.1) is 5.92 Å². The lowest BCUT2D eigenvalue weighted by Gasteiger charge is -2.19. The lowest BCUT2D eigenvalue weighted by Crippen LogP contribution is -2.39. The van der Waals surface area contributed by atoms with Crippen molar-refractivity contribution in [3.63, 3.8) is 0 Å². The number of hydrogen-bond acceptors (Lipinski definition) is 3. The molecule has 0 aromatic heterocycles. The van der Waals surface area contributed by atoms with Gasteiger partial charge in [-0.2, -0.15) is 0 Å². The van der Waals surface area contributed by atoms with Crippen LogP contribution in [-0.2, 0) is 9.47 Å². The van der Waals surface area contributed by atoms with Crippen LogP contribution in [0.25, 0.3) is 0 Å². The van der Waals surface area contributed by atoms with Gasteiger partial charge < -0.3 is 14.8 Å². The van der Waals surface area contributed by atoms with Crippen LogP contribution < -0.4 is 5.32 Å². The van der Waals surface area contributed by atoms with Gasteiger partial charge in [0.1, 0.15) is 0 Å². The second-order valence-electron chi connectivity index (χ2n) is 4.94. The normalized spacial score (nSPS) is 31.4. The molecule has 0 spiro atoms. The Bertz CT molecular complexity index is 192. The molecule has 0 bridgehead atoms. The molecule has 88 valence electrons. The second-order valence-corrected chi connectivity index (χ2v) is 4.94. The molecule has 2 rings (SSSR count). The molecular formula is C12H23NO2. The summed E-state index contributed by atoms with van der Waals surface area (Å²) in [6.45, 7) is 6.85. The van der Waals surface area contributed by atoms with Gasteiger partial charge in [0, 0.05) is 19.2 Å². The van der Waals surface area contributed by atoms with Crippen LogP contribution in [0.15, 0.2) is 0 Å². The van der Waals surface area contributed by atoms with Crippen LogP contribution >= 0.6 is 0 Å². The minimum atomic E-state index is 0.339. The van der Waals surface area contributed by atoms with Gasteiger partial charge in [-0.3, -0.25) is 0 Å². The molecule has 0 radical (unpaired) electrons. The van der Waals surface area contributed by atoms with Gasteiger partial charge in [0.2, 0.25) is 0 Å². The molecule has 1 saturated heterocycles.